The molecule has 2 aromatic heterocycles. The van der Waals surface area contributed by atoms with Crippen LogP contribution in [0.5, 0.6) is 0 Å². The molecule has 2 heterocycles. The van der Waals surface area contributed by atoms with Gasteiger partial charge < -0.3 is 19.1 Å². The van der Waals surface area contributed by atoms with Crippen LogP contribution in [0.4, 0.5) is 4.79 Å². The topological polar surface area (TPSA) is 95.6 Å². The van der Waals surface area contributed by atoms with Crippen molar-refractivity contribution in [1.29, 1.82) is 0 Å². The molecule has 9 heteroatoms. The van der Waals surface area contributed by atoms with Crippen LogP contribution in [0, 0.1) is 0 Å². The molecule has 0 amide bonds. The number of methoxy groups -OCH3 is 1. The first-order valence-electron chi connectivity index (χ1n) is 13.0. The van der Waals surface area contributed by atoms with Crippen molar-refractivity contribution in [3.8, 4) is 11.1 Å². The molecule has 4 aromatic rings. The zero-order valence-electron chi connectivity index (χ0n) is 23.0. The first-order chi connectivity index (χ1) is 18.6. The summed E-state index contributed by atoms with van der Waals surface area (Å²) in [5.74, 6) is 0.342. The van der Waals surface area contributed by atoms with Gasteiger partial charge in [0.1, 0.15) is 11.4 Å². The lowest BCUT2D eigenvalue weighted by atomic mass is 9.98. The van der Waals surface area contributed by atoms with E-state index in [0.717, 1.165) is 36.0 Å². The fourth-order valence-electron chi connectivity index (χ4n) is 4.61. The number of carbonyl (C=O) groups excluding carboxylic acids is 2. The Morgan fingerprint density at radius 1 is 1.10 bits per heavy atom. The van der Waals surface area contributed by atoms with E-state index in [0.29, 0.717) is 39.6 Å². The molecule has 39 heavy (non-hydrogen) atoms. The predicted molar refractivity (Wildman–Crippen MR) is 151 cm³/mol. The highest BCUT2D eigenvalue weighted by atomic mass is 35.5. The number of hydrogen-bond donors (Lipinski definition) is 1. The maximum Gasteiger partial charge on any atom is 0.419 e. The number of halogens is 1. The van der Waals surface area contributed by atoms with Gasteiger partial charge in [-0.15, -0.1) is 0 Å². The molecule has 0 saturated heterocycles. The summed E-state index contributed by atoms with van der Waals surface area (Å²) >= 11 is 6.36. The van der Waals surface area contributed by atoms with Crippen LogP contribution in [-0.4, -0.2) is 44.0 Å². The summed E-state index contributed by atoms with van der Waals surface area (Å²) in [6.07, 6.45) is 3.87. The number of unbranched alkanes of at least 4 members (excludes halogenated alkanes) is 1. The first kappa shape index (κ1) is 28.4. The Hall–Kier alpha value is -3.62. The highest BCUT2D eigenvalue weighted by molar-refractivity contribution is 6.30. The van der Waals surface area contributed by atoms with Gasteiger partial charge in [-0.2, -0.15) is 0 Å². The number of esters is 1. The molecule has 8 nitrogen and oxygen atoms in total. The molecule has 2 aromatic carbocycles. The van der Waals surface area contributed by atoms with Crippen molar-refractivity contribution in [1.82, 2.24) is 14.1 Å². The van der Waals surface area contributed by atoms with E-state index in [4.69, 9.17) is 21.1 Å². The van der Waals surface area contributed by atoms with Gasteiger partial charge in [0.15, 0.2) is 5.15 Å². The SMILES string of the molecule is CCCCc1nc(Cl)c(CO)n1Cc1ccc2c(c1)c(-c1ccccc1C(=O)OC)cn2C(=O)OC(C)(C)C. The third-order valence-electron chi connectivity index (χ3n) is 6.43. The fraction of sp³-hybridized carbons (Fsp3) is 0.367. The zero-order chi connectivity index (χ0) is 28.3. The average molecular weight is 552 g/mol. The molecule has 0 bridgehead atoms. The zero-order valence-corrected chi connectivity index (χ0v) is 23.7. The second-order valence-electron chi connectivity index (χ2n) is 10.4. The van der Waals surface area contributed by atoms with Gasteiger partial charge in [0.2, 0.25) is 0 Å². The smallest absolute Gasteiger partial charge is 0.419 e. The van der Waals surface area contributed by atoms with Gasteiger partial charge in [0.25, 0.3) is 0 Å². The Kier molecular flexibility index (Phi) is 8.47. The lowest BCUT2D eigenvalue weighted by molar-refractivity contribution is 0.0543. The Morgan fingerprint density at radius 2 is 1.85 bits per heavy atom. The number of aromatic nitrogens is 3. The summed E-state index contributed by atoms with van der Waals surface area (Å²) in [6, 6.07) is 12.9. The van der Waals surface area contributed by atoms with Crippen molar-refractivity contribution in [2.24, 2.45) is 0 Å². The van der Waals surface area contributed by atoms with E-state index in [1.807, 2.05) is 55.7 Å². The van der Waals surface area contributed by atoms with Gasteiger partial charge in [0.05, 0.1) is 30.5 Å². The van der Waals surface area contributed by atoms with E-state index in [1.165, 1.54) is 11.7 Å². The third-order valence-corrected chi connectivity index (χ3v) is 6.73. The van der Waals surface area contributed by atoms with Gasteiger partial charge in [-0.25, -0.2) is 14.6 Å². The van der Waals surface area contributed by atoms with Gasteiger partial charge in [0, 0.05) is 30.1 Å². The minimum absolute atomic E-state index is 0.229. The molecule has 0 aliphatic carbocycles. The van der Waals surface area contributed by atoms with Crippen molar-refractivity contribution in [3.63, 3.8) is 0 Å². The van der Waals surface area contributed by atoms with Crippen molar-refractivity contribution in [2.75, 3.05) is 7.11 Å². The van der Waals surface area contributed by atoms with Crippen LogP contribution in [0.3, 0.4) is 0 Å². The maximum atomic E-state index is 13.2. The fourth-order valence-corrected chi connectivity index (χ4v) is 4.87. The number of imidazole rings is 1. The predicted octanol–water partition coefficient (Wildman–Crippen LogP) is 6.61. The van der Waals surface area contributed by atoms with Crippen LogP contribution < -0.4 is 0 Å². The summed E-state index contributed by atoms with van der Waals surface area (Å²) < 4.78 is 14.1. The maximum absolute atomic E-state index is 13.2. The summed E-state index contributed by atoms with van der Waals surface area (Å²) in [7, 11) is 1.34. The molecule has 4 rings (SSSR count). The number of aliphatic hydroxyl groups excluding tert-OH is 1. The second-order valence-corrected chi connectivity index (χ2v) is 10.8. The van der Waals surface area contributed by atoms with E-state index >= 15 is 0 Å². The highest BCUT2D eigenvalue weighted by Gasteiger charge is 2.24. The molecule has 0 atom stereocenters. The van der Waals surface area contributed by atoms with E-state index in [2.05, 4.69) is 11.9 Å². The Balaban J connectivity index is 1.89. The lowest BCUT2D eigenvalue weighted by Gasteiger charge is -2.19. The minimum atomic E-state index is -0.687. The average Bonchev–Trinajstić information content (AvgIpc) is 3.42. The monoisotopic (exact) mass is 551 g/mol. The van der Waals surface area contributed by atoms with E-state index in [1.54, 1.807) is 18.3 Å². The van der Waals surface area contributed by atoms with Crippen molar-refractivity contribution >= 4 is 34.6 Å². The molecule has 206 valence electrons. The van der Waals surface area contributed by atoms with Crippen LogP contribution in [-0.2, 0) is 29.0 Å². The van der Waals surface area contributed by atoms with E-state index in [-0.39, 0.29) is 6.61 Å². The van der Waals surface area contributed by atoms with Gasteiger partial charge >= 0.3 is 12.1 Å². The van der Waals surface area contributed by atoms with Crippen molar-refractivity contribution in [2.45, 2.75) is 65.7 Å². The van der Waals surface area contributed by atoms with Crippen LogP contribution in [0.15, 0.2) is 48.7 Å². The first-order valence-corrected chi connectivity index (χ1v) is 13.3. The van der Waals surface area contributed by atoms with Crippen LogP contribution in [0.25, 0.3) is 22.0 Å². The van der Waals surface area contributed by atoms with Crippen LogP contribution in [0.1, 0.15) is 68.0 Å². The van der Waals surface area contributed by atoms with Gasteiger partial charge in [-0.05, 0) is 56.5 Å². The molecular formula is C30H34ClN3O5. The Morgan fingerprint density at radius 3 is 2.51 bits per heavy atom. The molecule has 0 aliphatic rings. The number of hydrogen-bond acceptors (Lipinski definition) is 6. The molecule has 0 spiro atoms. The van der Waals surface area contributed by atoms with Crippen molar-refractivity contribution in [3.05, 3.63) is 76.5 Å². The van der Waals surface area contributed by atoms with Gasteiger partial charge in [-0.1, -0.05) is 49.2 Å². The number of aryl methyl sites for hydroxylation is 1. The molecule has 0 saturated carbocycles. The van der Waals surface area contributed by atoms with Crippen LogP contribution in [0.2, 0.25) is 5.15 Å². The Labute approximate surface area is 233 Å². The van der Waals surface area contributed by atoms with Gasteiger partial charge in [-0.3, -0.25) is 4.57 Å². The second kappa shape index (κ2) is 11.6. The number of nitrogens with zero attached hydrogens (tertiary/aromatic N) is 3. The van der Waals surface area contributed by atoms with Crippen molar-refractivity contribution < 1.29 is 24.2 Å². The molecule has 1 N–H and O–H groups in total. The highest BCUT2D eigenvalue weighted by Crippen LogP contribution is 2.35. The summed E-state index contributed by atoms with van der Waals surface area (Å²) in [6.45, 7) is 7.75. The molecular weight excluding hydrogens is 518 g/mol. The normalized spacial score (nSPS) is 11.7. The standard InChI is InChI=1S/C30H34ClN3O5/c1-6-7-12-26-32-27(31)25(18-35)33(26)16-19-13-14-24-22(15-19)23(17-34(24)29(37)39-30(2,3)4)20-10-8-9-11-21(20)28(36)38-5/h8-11,13-15,17,35H,6-7,12,16,18H2,1-5H3. The summed E-state index contributed by atoms with van der Waals surface area (Å²) in [5.41, 5.74) is 3.15. The quantitative estimate of drug-likeness (QED) is 0.247. The number of fused-ring (bicyclic) bond motifs is 1. The van der Waals surface area contributed by atoms with E-state index < -0.39 is 17.7 Å². The third kappa shape index (κ3) is 6.02. The van der Waals surface area contributed by atoms with Crippen LogP contribution >= 0.6 is 11.6 Å². The minimum Gasteiger partial charge on any atom is -0.465 e. The molecule has 0 aliphatic heterocycles. The number of ether oxygens (including phenoxy) is 2. The molecule has 0 radical (unpaired) electrons. The molecule has 0 fully saturated rings. The Bertz CT molecular complexity index is 1510. The molecule has 0 unspecified atom stereocenters. The number of rotatable bonds is 8. The summed E-state index contributed by atoms with van der Waals surface area (Å²) in [5, 5.41) is 11.1. The lowest BCUT2D eigenvalue weighted by Crippen LogP contribution is -2.26. The van der Waals surface area contributed by atoms with E-state index in [9.17, 15) is 14.7 Å². The number of carbonyl (C=O) groups is 2. The largest absolute Gasteiger partial charge is 0.465 e. The number of benzene rings is 2. The summed E-state index contributed by atoms with van der Waals surface area (Å²) in [4.78, 5) is 30.3. The number of aliphatic hydroxyl groups is 1.